The van der Waals surface area contributed by atoms with E-state index in [-0.39, 0.29) is 10.6 Å². The van der Waals surface area contributed by atoms with Crippen molar-refractivity contribution in [2.45, 2.75) is 23.5 Å². The van der Waals surface area contributed by atoms with Gasteiger partial charge >= 0.3 is 0 Å². The Kier molecular flexibility index (Phi) is 3.73. The minimum Gasteiger partial charge on any atom is -0.290 e. The topological polar surface area (TPSA) is 60.7 Å². The van der Waals surface area contributed by atoms with Crippen LogP contribution in [-0.2, 0) is 13.5 Å². The molecule has 3 aromatic heterocycles. The first-order chi connectivity index (χ1) is 10.1. The van der Waals surface area contributed by atoms with E-state index in [1.54, 1.807) is 13.1 Å². The van der Waals surface area contributed by atoms with Crippen molar-refractivity contribution in [3.63, 3.8) is 0 Å². The molecule has 3 rings (SSSR count). The molecular weight excluding hydrogens is 311 g/mol. The van der Waals surface area contributed by atoms with Crippen LogP contribution in [-0.4, -0.2) is 19.5 Å². The molecule has 0 saturated carbocycles. The zero-order valence-electron chi connectivity index (χ0n) is 11.3. The van der Waals surface area contributed by atoms with Crippen molar-refractivity contribution < 1.29 is 4.39 Å². The third-order valence-electron chi connectivity index (χ3n) is 3.02. The molecule has 0 unspecified atom stereocenters. The molecule has 3 aromatic rings. The van der Waals surface area contributed by atoms with Crippen molar-refractivity contribution in [3.05, 3.63) is 39.6 Å². The summed E-state index contributed by atoms with van der Waals surface area (Å²) in [4.78, 5) is 25.1. The number of aromatic nitrogens is 4. The van der Waals surface area contributed by atoms with Crippen LogP contribution in [0.4, 0.5) is 4.39 Å². The van der Waals surface area contributed by atoms with Crippen LogP contribution < -0.4 is 5.56 Å². The van der Waals surface area contributed by atoms with Gasteiger partial charge < -0.3 is 0 Å². The van der Waals surface area contributed by atoms with Crippen molar-refractivity contribution in [1.82, 2.24) is 19.5 Å². The fourth-order valence-corrected chi connectivity index (χ4v) is 3.51. The number of thiophene rings is 1. The molecule has 0 spiro atoms. The molecule has 0 fully saturated rings. The summed E-state index contributed by atoms with van der Waals surface area (Å²) in [6, 6.07) is 1.74. The molecule has 3 heterocycles. The molecule has 8 heteroatoms. The van der Waals surface area contributed by atoms with E-state index < -0.39 is 5.82 Å². The Morgan fingerprint density at radius 1 is 1.43 bits per heavy atom. The van der Waals surface area contributed by atoms with Gasteiger partial charge in [-0.15, -0.1) is 11.3 Å². The zero-order valence-corrected chi connectivity index (χ0v) is 13.0. The van der Waals surface area contributed by atoms with Gasteiger partial charge in [-0.25, -0.2) is 19.3 Å². The van der Waals surface area contributed by atoms with Crippen LogP contribution in [0.2, 0.25) is 0 Å². The predicted octanol–water partition coefficient (Wildman–Crippen LogP) is 2.64. The SMILES string of the molecule is CCc1ncnc(Sc2nc3sccc3c(=O)n2C)c1F. The second kappa shape index (κ2) is 5.53. The Morgan fingerprint density at radius 2 is 2.24 bits per heavy atom. The molecule has 0 N–H and O–H groups in total. The van der Waals surface area contributed by atoms with Gasteiger partial charge in [0, 0.05) is 7.05 Å². The monoisotopic (exact) mass is 322 g/mol. The van der Waals surface area contributed by atoms with Crippen molar-refractivity contribution in [2.75, 3.05) is 0 Å². The van der Waals surface area contributed by atoms with Gasteiger partial charge in [-0.05, 0) is 29.6 Å². The van der Waals surface area contributed by atoms with E-state index in [0.717, 1.165) is 11.8 Å². The van der Waals surface area contributed by atoms with Gasteiger partial charge in [0.25, 0.3) is 5.56 Å². The highest BCUT2D eigenvalue weighted by Gasteiger charge is 2.15. The van der Waals surface area contributed by atoms with Gasteiger partial charge in [-0.1, -0.05) is 6.92 Å². The molecule has 0 aliphatic rings. The maximum Gasteiger partial charge on any atom is 0.262 e. The van der Waals surface area contributed by atoms with Gasteiger partial charge in [-0.2, -0.15) is 0 Å². The Labute approximate surface area is 127 Å². The summed E-state index contributed by atoms with van der Waals surface area (Å²) in [5.41, 5.74) is 0.212. The maximum absolute atomic E-state index is 14.2. The normalized spacial score (nSPS) is 11.2. The lowest BCUT2D eigenvalue weighted by Gasteiger charge is -2.08. The molecule has 108 valence electrons. The average molecular weight is 322 g/mol. The lowest BCUT2D eigenvalue weighted by molar-refractivity contribution is 0.558. The van der Waals surface area contributed by atoms with E-state index in [1.165, 1.54) is 22.2 Å². The molecule has 0 radical (unpaired) electrons. The first-order valence-corrected chi connectivity index (χ1v) is 7.93. The molecule has 21 heavy (non-hydrogen) atoms. The molecule has 0 bridgehead atoms. The lowest BCUT2D eigenvalue weighted by atomic mass is 10.3. The molecule has 0 amide bonds. The summed E-state index contributed by atoms with van der Waals surface area (Å²) < 4.78 is 15.6. The van der Waals surface area contributed by atoms with Gasteiger partial charge in [0.05, 0.1) is 11.1 Å². The average Bonchev–Trinajstić information content (AvgIpc) is 2.95. The Bertz CT molecular complexity index is 874. The highest BCUT2D eigenvalue weighted by molar-refractivity contribution is 7.99. The molecule has 0 saturated heterocycles. The van der Waals surface area contributed by atoms with Crippen LogP contribution in [0.15, 0.2) is 32.8 Å². The zero-order chi connectivity index (χ0) is 15.0. The van der Waals surface area contributed by atoms with Crippen LogP contribution in [0.1, 0.15) is 12.6 Å². The quantitative estimate of drug-likeness (QED) is 0.548. The fourth-order valence-electron chi connectivity index (χ4n) is 1.86. The van der Waals surface area contributed by atoms with E-state index in [1.807, 2.05) is 12.3 Å². The summed E-state index contributed by atoms with van der Waals surface area (Å²) in [6.45, 7) is 1.82. The molecule has 0 atom stereocenters. The molecular formula is C13H11FN4OS2. The van der Waals surface area contributed by atoms with Crippen molar-refractivity contribution in [3.8, 4) is 0 Å². The number of fused-ring (bicyclic) bond motifs is 1. The number of aryl methyl sites for hydroxylation is 1. The predicted molar refractivity (Wildman–Crippen MR) is 80.4 cm³/mol. The minimum absolute atomic E-state index is 0.145. The minimum atomic E-state index is -0.453. The van der Waals surface area contributed by atoms with Gasteiger partial charge in [0.15, 0.2) is 11.0 Å². The summed E-state index contributed by atoms with van der Waals surface area (Å²) in [7, 11) is 1.62. The van der Waals surface area contributed by atoms with Crippen LogP contribution in [0.3, 0.4) is 0 Å². The van der Waals surface area contributed by atoms with Crippen molar-refractivity contribution in [2.24, 2.45) is 7.05 Å². The van der Waals surface area contributed by atoms with Gasteiger partial charge in [0.1, 0.15) is 16.2 Å². The van der Waals surface area contributed by atoms with Crippen molar-refractivity contribution in [1.29, 1.82) is 0 Å². The fraction of sp³-hybridized carbons (Fsp3) is 0.231. The summed E-state index contributed by atoms with van der Waals surface area (Å²) in [6.07, 6.45) is 1.81. The lowest BCUT2D eigenvalue weighted by Crippen LogP contribution is -2.19. The molecule has 0 aliphatic heterocycles. The van der Waals surface area contributed by atoms with Crippen LogP contribution in [0.25, 0.3) is 10.2 Å². The summed E-state index contributed by atoms with van der Waals surface area (Å²) in [5.74, 6) is -0.453. The Balaban J connectivity index is 2.10. The Hall–Kier alpha value is -1.80. The van der Waals surface area contributed by atoms with E-state index in [9.17, 15) is 9.18 Å². The summed E-state index contributed by atoms with van der Waals surface area (Å²) >= 11 is 2.42. The van der Waals surface area contributed by atoms with E-state index in [4.69, 9.17) is 0 Å². The second-order valence-corrected chi connectivity index (χ2v) is 6.14. The number of halogens is 1. The van der Waals surface area contributed by atoms with Crippen LogP contribution in [0.5, 0.6) is 0 Å². The smallest absolute Gasteiger partial charge is 0.262 e. The van der Waals surface area contributed by atoms with E-state index in [2.05, 4.69) is 15.0 Å². The molecule has 0 aliphatic carbocycles. The first-order valence-electron chi connectivity index (χ1n) is 6.23. The first kappa shape index (κ1) is 14.2. The highest BCUT2D eigenvalue weighted by Crippen LogP contribution is 2.28. The number of hydrogen-bond donors (Lipinski definition) is 0. The summed E-state index contributed by atoms with van der Waals surface area (Å²) in [5, 5.41) is 2.98. The third kappa shape index (κ3) is 2.44. The number of nitrogens with zero attached hydrogens (tertiary/aromatic N) is 4. The van der Waals surface area contributed by atoms with Crippen molar-refractivity contribution >= 4 is 33.3 Å². The van der Waals surface area contributed by atoms with E-state index in [0.29, 0.717) is 27.5 Å². The van der Waals surface area contributed by atoms with Crippen LogP contribution >= 0.6 is 23.1 Å². The highest BCUT2D eigenvalue weighted by atomic mass is 32.2. The standard InChI is InChI=1S/C13H11FN4OS2/c1-3-8-9(14)11(16-6-15-8)21-13-17-10-7(4-5-20-10)12(19)18(13)2/h4-6H,3H2,1-2H3. The maximum atomic E-state index is 14.2. The Morgan fingerprint density at radius 3 is 3.00 bits per heavy atom. The number of hydrogen-bond acceptors (Lipinski definition) is 6. The third-order valence-corrected chi connectivity index (χ3v) is 4.85. The van der Waals surface area contributed by atoms with Gasteiger partial charge in [-0.3, -0.25) is 9.36 Å². The van der Waals surface area contributed by atoms with E-state index >= 15 is 0 Å². The van der Waals surface area contributed by atoms with Gasteiger partial charge in [0.2, 0.25) is 0 Å². The molecule has 5 nitrogen and oxygen atoms in total. The largest absolute Gasteiger partial charge is 0.290 e. The van der Waals surface area contributed by atoms with Crippen LogP contribution in [0, 0.1) is 5.82 Å². The second-order valence-electron chi connectivity index (χ2n) is 4.29. The molecule has 0 aromatic carbocycles. The number of rotatable bonds is 3.